The van der Waals surface area contributed by atoms with Gasteiger partial charge in [0.2, 0.25) is 0 Å². The molecule has 0 spiro atoms. The van der Waals surface area contributed by atoms with Gasteiger partial charge >= 0.3 is 6.09 Å². The molecule has 0 unspecified atom stereocenters. The first-order valence-electron chi connectivity index (χ1n) is 11.5. The zero-order chi connectivity index (χ0) is 20.5. The van der Waals surface area contributed by atoms with E-state index in [9.17, 15) is 4.79 Å². The molecule has 0 aromatic heterocycles. The summed E-state index contributed by atoms with van der Waals surface area (Å²) >= 11 is 5.88. The van der Waals surface area contributed by atoms with E-state index in [2.05, 4.69) is 4.90 Å². The number of benzene rings is 1. The minimum Gasteiger partial charge on any atom is -0.410 e. The molecule has 0 atom stereocenters. The lowest BCUT2D eigenvalue weighted by atomic mass is 9.82. The minimum absolute atomic E-state index is 0.270. The van der Waals surface area contributed by atoms with Crippen LogP contribution in [0.4, 0.5) is 4.79 Å². The molecular formula is C24H37ClN2O2. The molecule has 0 N–H and O–H groups in total. The Bertz CT molecular complexity index is 608. The molecule has 1 heterocycles. The van der Waals surface area contributed by atoms with Gasteiger partial charge in [0, 0.05) is 18.1 Å². The third-order valence-electron chi connectivity index (χ3n) is 6.71. The van der Waals surface area contributed by atoms with Crippen molar-refractivity contribution in [3.05, 3.63) is 29.3 Å². The van der Waals surface area contributed by atoms with Gasteiger partial charge in [0.15, 0.2) is 0 Å². The monoisotopic (exact) mass is 420 g/mol. The molecule has 1 amide bonds. The number of carbonyl (C=O) groups excluding carboxylic acids is 1. The van der Waals surface area contributed by atoms with Crippen molar-refractivity contribution in [1.29, 1.82) is 0 Å². The summed E-state index contributed by atoms with van der Waals surface area (Å²) in [5, 5.41) is 0.642. The van der Waals surface area contributed by atoms with E-state index >= 15 is 0 Å². The SMILES string of the molecule is CN(C(=O)Oc1ccc(Cl)cc1)[C@H]1CC[C@H](CCCCCN2CCCCC2)CC1. The van der Waals surface area contributed by atoms with Crippen LogP contribution in [0.2, 0.25) is 5.02 Å². The molecule has 1 aliphatic carbocycles. The van der Waals surface area contributed by atoms with Crippen molar-refractivity contribution >= 4 is 17.7 Å². The van der Waals surface area contributed by atoms with Crippen LogP contribution in [0.5, 0.6) is 5.75 Å². The fraction of sp³-hybridized carbons (Fsp3) is 0.708. The molecular weight excluding hydrogens is 384 g/mol. The van der Waals surface area contributed by atoms with E-state index in [0.29, 0.717) is 16.8 Å². The van der Waals surface area contributed by atoms with Gasteiger partial charge in [-0.3, -0.25) is 0 Å². The van der Waals surface area contributed by atoms with Crippen molar-refractivity contribution in [2.75, 3.05) is 26.7 Å². The first-order chi connectivity index (χ1) is 14.1. The van der Waals surface area contributed by atoms with Gasteiger partial charge in [0.25, 0.3) is 0 Å². The molecule has 1 aromatic rings. The second-order valence-corrected chi connectivity index (χ2v) is 9.30. The van der Waals surface area contributed by atoms with Gasteiger partial charge in [-0.1, -0.05) is 37.3 Å². The van der Waals surface area contributed by atoms with Crippen LogP contribution >= 0.6 is 11.6 Å². The standard InChI is InChI=1S/C24H37ClN2O2/c1-26(24(28)29-23-15-11-21(25)12-16-23)22-13-9-20(10-14-22)8-4-2-5-17-27-18-6-3-7-19-27/h11-12,15-16,20,22H,2-10,13-14,17-19H2,1H3/t20-,22-. The largest absolute Gasteiger partial charge is 0.415 e. The number of ether oxygens (including phenoxy) is 1. The molecule has 4 nitrogen and oxygen atoms in total. The number of rotatable bonds is 8. The van der Waals surface area contributed by atoms with E-state index in [4.69, 9.17) is 16.3 Å². The van der Waals surface area contributed by atoms with Gasteiger partial charge in [-0.15, -0.1) is 0 Å². The molecule has 29 heavy (non-hydrogen) atoms. The van der Waals surface area contributed by atoms with Crippen LogP contribution in [0.25, 0.3) is 0 Å². The Morgan fingerprint density at radius 2 is 1.72 bits per heavy atom. The lowest BCUT2D eigenvalue weighted by Gasteiger charge is -2.34. The predicted octanol–water partition coefficient (Wildman–Crippen LogP) is 6.38. The topological polar surface area (TPSA) is 32.8 Å². The average Bonchev–Trinajstić information content (AvgIpc) is 2.76. The fourth-order valence-corrected chi connectivity index (χ4v) is 4.90. The normalized spacial score (nSPS) is 23.0. The van der Waals surface area contributed by atoms with Gasteiger partial charge in [-0.05, 0) is 94.8 Å². The third kappa shape index (κ3) is 7.49. The molecule has 1 saturated carbocycles. The van der Waals surface area contributed by atoms with E-state index in [1.165, 1.54) is 77.4 Å². The number of hydrogen-bond acceptors (Lipinski definition) is 3. The first-order valence-corrected chi connectivity index (χ1v) is 11.9. The van der Waals surface area contributed by atoms with Gasteiger partial charge < -0.3 is 14.5 Å². The van der Waals surface area contributed by atoms with Gasteiger partial charge in [0.1, 0.15) is 5.75 Å². The first kappa shape index (κ1) is 22.4. The Morgan fingerprint density at radius 1 is 1.03 bits per heavy atom. The van der Waals surface area contributed by atoms with Crippen molar-refractivity contribution in [2.24, 2.45) is 5.92 Å². The molecule has 1 aromatic carbocycles. The Kier molecular flexibility index (Phi) is 9.13. The van der Waals surface area contributed by atoms with Crippen LogP contribution in [0.3, 0.4) is 0 Å². The summed E-state index contributed by atoms with van der Waals surface area (Å²) in [7, 11) is 1.86. The second-order valence-electron chi connectivity index (χ2n) is 8.86. The smallest absolute Gasteiger partial charge is 0.410 e. The lowest BCUT2D eigenvalue weighted by molar-refractivity contribution is 0.123. The summed E-state index contributed by atoms with van der Waals surface area (Å²) in [4.78, 5) is 16.8. The number of unbranched alkanes of at least 4 members (excludes halogenated alkanes) is 2. The summed E-state index contributed by atoms with van der Waals surface area (Å²) in [6.45, 7) is 3.93. The highest BCUT2D eigenvalue weighted by Crippen LogP contribution is 2.31. The maximum atomic E-state index is 12.4. The molecule has 1 aliphatic heterocycles. The average molecular weight is 421 g/mol. The van der Waals surface area contributed by atoms with Gasteiger partial charge in [0.05, 0.1) is 0 Å². The maximum Gasteiger partial charge on any atom is 0.415 e. The van der Waals surface area contributed by atoms with E-state index in [1.807, 2.05) is 7.05 Å². The number of amides is 1. The van der Waals surface area contributed by atoms with Crippen molar-refractivity contribution in [3.63, 3.8) is 0 Å². The zero-order valence-corrected chi connectivity index (χ0v) is 18.7. The predicted molar refractivity (Wildman–Crippen MR) is 120 cm³/mol. The highest BCUT2D eigenvalue weighted by molar-refractivity contribution is 6.30. The molecule has 1 saturated heterocycles. The van der Waals surface area contributed by atoms with E-state index < -0.39 is 0 Å². The van der Waals surface area contributed by atoms with Crippen molar-refractivity contribution in [3.8, 4) is 5.75 Å². The van der Waals surface area contributed by atoms with Gasteiger partial charge in [-0.25, -0.2) is 4.79 Å². The summed E-state index contributed by atoms with van der Waals surface area (Å²) in [5.74, 6) is 1.38. The van der Waals surface area contributed by atoms with E-state index in [0.717, 1.165) is 18.8 Å². The number of hydrogen-bond donors (Lipinski definition) is 0. The highest BCUT2D eigenvalue weighted by atomic mass is 35.5. The molecule has 5 heteroatoms. The number of piperidine rings is 1. The summed E-state index contributed by atoms with van der Waals surface area (Å²) in [5.41, 5.74) is 0. The zero-order valence-electron chi connectivity index (χ0n) is 18.0. The Balaban J connectivity index is 1.28. The highest BCUT2D eigenvalue weighted by Gasteiger charge is 2.27. The van der Waals surface area contributed by atoms with Gasteiger partial charge in [-0.2, -0.15) is 0 Å². The van der Waals surface area contributed by atoms with Crippen LogP contribution in [0.1, 0.15) is 70.6 Å². The summed E-state index contributed by atoms with van der Waals surface area (Å²) in [6, 6.07) is 7.24. The van der Waals surface area contributed by atoms with E-state index in [1.54, 1.807) is 29.2 Å². The summed E-state index contributed by atoms with van der Waals surface area (Å²) in [6.07, 6.45) is 14.0. The minimum atomic E-state index is -0.270. The van der Waals surface area contributed by atoms with Crippen molar-refractivity contribution < 1.29 is 9.53 Å². The third-order valence-corrected chi connectivity index (χ3v) is 6.96. The quantitative estimate of drug-likeness (QED) is 0.457. The Morgan fingerprint density at radius 3 is 2.41 bits per heavy atom. The lowest BCUT2D eigenvalue weighted by Crippen LogP contribution is -2.41. The van der Waals surface area contributed by atoms with Crippen LogP contribution in [0.15, 0.2) is 24.3 Å². The molecule has 0 bridgehead atoms. The van der Waals surface area contributed by atoms with Crippen molar-refractivity contribution in [2.45, 2.75) is 76.7 Å². The molecule has 2 fully saturated rings. The Hall–Kier alpha value is -1.26. The fourth-order valence-electron chi connectivity index (χ4n) is 4.77. The molecule has 3 rings (SSSR count). The number of carbonyl (C=O) groups is 1. The van der Waals surface area contributed by atoms with Crippen LogP contribution < -0.4 is 4.74 Å². The molecule has 162 valence electrons. The summed E-state index contributed by atoms with van der Waals surface area (Å²) < 4.78 is 5.48. The van der Waals surface area contributed by atoms with E-state index in [-0.39, 0.29) is 6.09 Å². The van der Waals surface area contributed by atoms with Crippen LogP contribution in [0, 0.1) is 5.92 Å². The molecule has 2 aliphatic rings. The second kappa shape index (κ2) is 11.8. The van der Waals surface area contributed by atoms with Crippen molar-refractivity contribution in [1.82, 2.24) is 9.80 Å². The number of nitrogens with zero attached hydrogens (tertiary/aromatic N) is 2. The Labute approximate surface area is 181 Å². The number of likely N-dealkylation sites (tertiary alicyclic amines) is 1. The van der Waals surface area contributed by atoms with Crippen LogP contribution in [-0.4, -0.2) is 48.6 Å². The molecule has 0 radical (unpaired) electrons. The maximum absolute atomic E-state index is 12.4. The van der Waals surface area contributed by atoms with Crippen LogP contribution in [-0.2, 0) is 0 Å². The number of halogens is 1.